The minimum absolute atomic E-state index is 0.709. The van der Waals surface area contributed by atoms with Crippen LogP contribution in [-0.2, 0) is 0 Å². The van der Waals surface area contributed by atoms with Crippen molar-refractivity contribution in [2.45, 2.75) is 13.8 Å². The van der Waals surface area contributed by atoms with Crippen molar-refractivity contribution in [3.05, 3.63) is 35.5 Å². The molecule has 2 heterocycles. The van der Waals surface area contributed by atoms with E-state index in [1.54, 1.807) is 6.20 Å². The normalized spacial score (nSPS) is 14.8. The van der Waals surface area contributed by atoms with E-state index >= 15 is 0 Å². The lowest BCUT2D eigenvalue weighted by molar-refractivity contribution is 0.425. The Balaban J connectivity index is 1.60. The second kappa shape index (κ2) is 8.31. The maximum atomic E-state index is 4.63. The van der Waals surface area contributed by atoms with E-state index in [4.69, 9.17) is 0 Å². The molecule has 2 aromatic rings. The molecule has 3 rings (SSSR count). The smallest absolute Gasteiger partial charge is 0.247 e. The molecule has 26 heavy (non-hydrogen) atoms. The third-order valence-corrected chi connectivity index (χ3v) is 4.89. The van der Waals surface area contributed by atoms with Crippen LogP contribution in [0.5, 0.6) is 0 Å². The van der Waals surface area contributed by atoms with E-state index in [9.17, 15) is 0 Å². The number of anilines is 3. The number of likely N-dealkylation sites (N-methyl/N-ethyl adjacent to an activating group) is 1. The first-order valence-corrected chi connectivity index (χ1v) is 9.19. The predicted octanol–water partition coefficient (Wildman–Crippen LogP) is 1.79. The van der Waals surface area contributed by atoms with Gasteiger partial charge in [-0.05, 0) is 45.1 Å². The van der Waals surface area contributed by atoms with E-state index < -0.39 is 0 Å². The van der Waals surface area contributed by atoms with Crippen LogP contribution in [0.2, 0.25) is 0 Å². The number of rotatable bonds is 6. The summed E-state index contributed by atoms with van der Waals surface area (Å²) >= 11 is 0. The lowest BCUT2D eigenvalue weighted by Crippen LogP contribution is -2.47. The van der Waals surface area contributed by atoms with Crippen LogP contribution in [0.1, 0.15) is 11.1 Å². The molecule has 1 N–H and O–H groups in total. The third-order valence-electron chi connectivity index (χ3n) is 4.89. The SMILES string of the molecule is Cc1cccc(N2CCN(c3nncc(NCCN(C)C)n3)CC2)c1C. The zero-order chi connectivity index (χ0) is 18.5. The topological polar surface area (TPSA) is 60.4 Å². The molecule has 0 amide bonds. The van der Waals surface area contributed by atoms with Gasteiger partial charge < -0.3 is 20.0 Å². The van der Waals surface area contributed by atoms with Gasteiger partial charge in [-0.25, -0.2) is 0 Å². The zero-order valence-electron chi connectivity index (χ0n) is 16.2. The molecule has 1 aromatic heterocycles. The molecule has 0 atom stereocenters. The number of nitrogens with zero attached hydrogens (tertiary/aromatic N) is 6. The van der Waals surface area contributed by atoms with Crippen molar-refractivity contribution in [1.29, 1.82) is 0 Å². The summed E-state index contributed by atoms with van der Waals surface area (Å²) in [6, 6.07) is 6.52. The third kappa shape index (κ3) is 4.40. The number of aromatic nitrogens is 3. The highest BCUT2D eigenvalue weighted by molar-refractivity contribution is 5.57. The van der Waals surface area contributed by atoms with Gasteiger partial charge in [-0.1, -0.05) is 12.1 Å². The van der Waals surface area contributed by atoms with Crippen LogP contribution in [-0.4, -0.2) is 73.4 Å². The van der Waals surface area contributed by atoms with Gasteiger partial charge in [0.15, 0.2) is 5.82 Å². The summed E-state index contributed by atoms with van der Waals surface area (Å²) in [4.78, 5) is 11.4. The summed E-state index contributed by atoms with van der Waals surface area (Å²) in [5, 5.41) is 11.7. The number of aryl methyl sites for hydroxylation is 1. The largest absolute Gasteiger partial charge is 0.368 e. The van der Waals surface area contributed by atoms with Crippen LogP contribution >= 0.6 is 0 Å². The minimum Gasteiger partial charge on any atom is -0.368 e. The van der Waals surface area contributed by atoms with Crippen molar-refractivity contribution in [3.8, 4) is 0 Å². The Morgan fingerprint density at radius 3 is 2.54 bits per heavy atom. The molecule has 140 valence electrons. The molecule has 1 fully saturated rings. The number of hydrogen-bond donors (Lipinski definition) is 1. The molecule has 0 bridgehead atoms. The molecule has 1 aliphatic heterocycles. The summed E-state index contributed by atoms with van der Waals surface area (Å²) in [5.74, 6) is 1.49. The molecule has 0 saturated carbocycles. The van der Waals surface area contributed by atoms with Gasteiger partial charge >= 0.3 is 0 Å². The summed E-state index contributed by atoms with van der Waals surface area (Å²) in [6.45, 7) is 9.89. The van der Waals surface area contributed by atoms with Crippen LogP contribution in [0.15, 0.2) is 24.4 Å². The Morgan fingerprint density at radius 1 is 1.08 bits per heavy atom. The monoisotopic (exact) mass is 355 g/mol. The van der Waals surface area contributed by atoms with Crippen molar-refractivity contribution in [2.75, 3.05) is 68.5 Å². The molecule has 1 aliphatic rings. The molecule has 7 heteroatoms. The average molecular weight is 355 g/mol. The summed E-state index contributed by atoms with van der Waals surface area (Å²) < 4.78 is 0. The highest BCUT2D eigenvalue weighted by atomic mass is 15.4. The Morgan fingerprint density at radius 2 is 1.81 bits per heavy atom. The van der Waals surface area contributed by atoms with Gasteiger partial charge in [-0.2, -0.15) is 10.1 Å². The maximum absolute atomic E-state index is 4.63. The van der Waals surface area contributed by atoms with E-state index in [2.05, 4.69) is 81.3 Å². The van der Waals surface area contributed by atoms with Crippen LogP contribution in [0.4, 0.5) is 17.5 Å². The highest BCUT2D eigenvalue weighted by Crippen LogP contribution is 2.24. The van der Waals surface area contributed by atoms with Gasteiger partial charge in [-0.15, -0.1) is 5.10 Å². The number of benzene rings is 1. The van der Waals surface area contributed by atoms with Gasteiger partial charge in [0.05, 0.1) is 6.20 Å². The first kappa shape index (κ1) is 18.4. The average Bonchev–Trinajstić information content (AvgIpc) is 2.64. The lowest BCUT2D eigenvalue weighted by atomic mass is 10.1. The number of nitrogens with one attached hydrogen (secondary N) is 1. The molecule has 1 saturated heterocycles. The fourth-order valence-corrected chi connectivity index (χ4v) is 3.15. The van der Waals surface area contributed by atoms with E-state index in [-0.39, 0.29) is 0 Å². The quantitative estimate of drug-likeness (QED) is 0.848. The Bertz CT molecular complexity index is 724. The molecule has 7 nitrogen and oxygen atoms in total. The van der Waals surface area contributed by atoms with Gasteiger partial charge in [-0.3, -0.25) is 0 Å². The van der Waals surface area contributed by atoms with Crippen molar-refractivity contribution >= 4 is 17.5 Å². The van der Waals surface area contributed by atoms with Gasteiger partial charge in [0.2, 0.25) is 5.95 Å². The van der Waals surface area contributed by atoms with Crippen molar-refractivity contribution < 1.29 is 0 Å². The van der Waals surface area contributed by atoms with Crippen molar-refractivity contribution in [2.24, 2.45) is 0 Å². The van der Waals surface area contributed by atoms with Gasteiger partial charge in [0.25, 0.3) is 0 Å². The minimum atomic E-state index is 0.709. The van der Waals surface area contributed by atoms with Gasteiger partial charge in [0.1, 0.15) is 0 Å². The molecule has 0 aliphatic carbocycles. The Kier molecular flexibility index (Phi) is 5.88. The lowest BCUT2D eigenvalue weighted by Gasteiger charge is -2.36. The molecule has 0 spiro atoms. The first-order chi connectivity index (χ1) is 12.5. The van der Waals surface area contributed by atoms with Crippen LogP contribution in [0.25, 0.3) is 0 Å². The highest BCUT2D eigenvalue weighted by Gasteiger charge is 2.21. The number of hydrogen-bond acceptors (Lipinski definition) is 7. The summed E-state index contributed by atoms with van der Waals surface area (Å²) in [5.41, 5.74) is 4.04. The molecule has 0 radical (unpaired) electrons. The standard InChI is InChI=1S/C19H29N7/c1-15-6-5-7-17(16(15)2)25-10-12-26(13-11-25)19-22-18(14-21-23-19)20-8-9-24(3)4/h5-7,14H,8-13H2,1-4H3,(H,20,22,23). The van der Waals surface area contributed by atoms with Crippen molar-refractivity contribution in [1.82, 2.24) is 20.1 Å². The van der Waals surface area contributed by atoms with Crippen LogP contribution in [0.3, 0.4) is 0 Å². The Labute approximate surface area is 156 Å². The zero-order valence-corrected chi connectivity index (χ0v) is 16.2. The molecule has 1 aromatic carbocycles. The van der Waals surface area contributed by atoms with E-state index in [0.717, 1.165) is 45.1 Å². The maximum Gasteiger partial charge on any atom is 0.247 e. The van der Waals surface area contributed by atoms with Crippen LogP contribution < -0.4 is 15.1 Å². The first-order valence-electron chi connectivity index (χ1n) is 9.19. The molecule has 0 unspecified atom stereocenters. The molecular weight excluding hydrogens is 326 g/mol. The summed E-state index contributed by atoms with van der Waals surface area (Å²) in [7, 11) is 4.11. The number of piperazine rings is 1. The van der Waals surface area contributed by atoms with E-state index in [1.165, 1.54) is 16.8 Å². The second-order valence-electron chi connectivity index (χ2n) is 7.06. The predicted molar refractivity (Wildman–Crippen MR) is 107 cm³/mol. The fourth-order valence-electron chi connectivity index (χ4n) is 3.15. The second-order valence-corrected chi connectivity index (χ2v) is 7.06. The Hall–Kier alpha value is -2.41. The van der Waals surface area contributed by atoms with Crippen LogP contribution in [0, 0.1) is 13.8 Å². The fraction of sp³-hybridized carbons (Fsp3) is 0.526. The van der Waals surface area contributed by atoms with E-state index in [1.807, 2.05) is 0 Å². The molecular formula is C19H29N7. The summed E-state index contributed by atoms with van der Waals surface area (Å²) in [6.07, 6.45) is 1.69. The van der Waals surface area contributed by atoms with Gasteiger partial charge in [0, 0.05) is 45.0 Å². The van der Waals surface area contributed by atoms with E-state index in [0.29, 0.717) is 5.95 Å². The van der Waals surface area contributed by atoms with Crippen molar-refractivity contribution in [3.63, 3.8) is 0 Å².